The van der Waals surface area contributed by atoms with E-state index in [1.165, 1.54) is 11.3 Å². The number of ether oxygens (including phenoxy) is 1. The topological polar surface area (TPSA) is 44.8 Å². The van der Waals surface area contributed by atoms with Crippen LogP contribution in [0.1, 0.15) is 27.7 Å². The molecule has 0 amide bonds. The third-order valence-corrected chi connectivity index (χ3v) is 6.08. The Morgan fingerprint density at radius 2 is 1.92 bits per heavy atom. The maximum atomic E-state index is 12.5. The Morgan fingerprint density at radius 1 is 1.12 bits per heavy atom. The predicted molar refractivity (Wildman–Crippen MR) is 102 cm³/mol. The lowest BCUT2D eigenvalue weighted by atomic mass is 10.2. The van der Waals surface area contributed by atoms with Gasteiger partial charge >= 0.3 is 5.97 Å². The van der Waals surface area contributed by atoms with Crippen LogP contribution in [0.4, 0.5) is 4.53 Å². The van der Waals surface area contributed by atoms with Crippen molar-refractivity contribution in [2.45, 2.75) is 19.7 Å². The minimum atomic E-state index is -1.58. The summed E-state index contributed by atoms with van der Waals surface area (Å²) >= 11 is 1.38. The first-order valence-electron chi connectivity index (χ1n) is 8.12. The molecule has 26 heavy (non-hydrogen) atoms. The molecule has 0 aliphatic carbocycles. The summed E-state index contributed by atoms with van der Waals surface area (Å²) in [4.78, 5) is 12.8. The Labute approximate surface area is 156 Å². The summed E-state index contributed by atoms with van der Waals surface area (Å²) in [7, 11) is -1.58. The summed E-state index contributed by atoms with van der Waals surface area (Å²) in [6.45, 7) is 2.43. The fourth-order valence-electron chi connectivity index (χ4n) is 2.47. The fraction of sp³-hybridized carbons (Fsp3) is 0.211. The highest BCUT2D eigenvalue weighted by Crippen LogP contribution is 2.43. The molecule has 0 saturated carbocycles. The number of hydrogen-bond acceptors (Lipinski definition) is 5. The first-order chi connectivity index (χ1) is 12.7. The van der Waals surface area contributed by atoms with Gasteiger partial charge in [-0.15, -0.1) is 16.1 Å². The fourth-order valence-corrected chi connectivity index (χ4v) is 4.37. The molecule has 3 aromatic rings. The Morgan fingerprint density at radius 3 is 2.65 bits per heavy atom. The highest BCUT2D eigenvalue weighted by molar-refractivity contribution is 7.46. The molecule has 1 atom stereocenters. The van der Waals surface area contributed by atoms with E-state index in [1.807, 2.05) is 48.5 Å². The Hall–Kier alpha value is -1.85. The molecule has 7 heteroatoms. The van der Waals surface area contributed by atoms with Crippen LogP contribution in [0.2, 0.25) is 0 Å². The zero-order valence-corrected chi connectivity index (χ0v) is 15.9. The Balaban J connectivity index is 1.69. The van der Waals surface area contributed by atoms with Crippen LogP contribution in [-0.4, -0.2) is 12.6 Å². The third-order valence-electron chi connectivity index (χ3n) is 3.66. The number of esters is 1. The van der Waals surface area contributed by atoms with E-state index >= 15 is 0 Å². The van der Waals surface area contributed by atoms with Gasteiger partial charge in [-0.2, -0.15) is 0 Å². The second kappa shape index (κ2) is 9.19. The van der Waals surface area contributed by atoms with Crippen LogP contribution in [0.5, 0.6) is 0 Å². The van der Waals surface area contributed by atoms with Crippen LogP contribution in [0.3, 0.4) is 0 Å². The SMILES string of the molecule is CCOP(Cc1ccc2sc(C(=O)OCc3ccccc3)cc2c1)OF. The molecule has 1 unspecified atom stereocenters. The first kappa shape index (κ1) is 18.9. The van der Waals surface area contributed by atoms with E-state index in [0.717, 1.165) is 21.2 Å². The smallest absolute Gasteiger partial charge is 0.348 e. The molecule has 3 rings (SSSR count). The van der Waals surface area contributed by atoms with Gasteiger partial charge in [0.15, 0.2) is 0 Å². The van der Waals surface area contributed by atoms with E-state index in [-0.39, 0.29) is 12.6 Å². The Bertz CT molecular complexity index is 868. The van der Waals surface area contributed by atoms with E-state index in [9.17, 15) is 9.32 Å². The third kappa shape index (κ3) is 4.86. The average molecular weight is 392 g/mol. The average Bonchev–Trinajstić information content (AvgIpc) is 3.10. The monoisotopic (exact) mass is 392 g/mol. The van der Waals surface area contributed by atoms with Gasteiger partial charge in [0.1, 0.15) is 11.5 Å². The van der Waals surface area contributed by atoms with E-state index in [1.54, 1.807) is 13.0 Å². The van der Waals surface area contributed by atoms with E-state index in [2.05, 4.69) is 4.73 Å². The van der Waals surface area contributed by atoms with Gasteiger partial charge in [0.2, 0.25) is 8.38 Å². The second-order valence-electron chi connectivity index (χ2n) is 5.52. The van der Waals surface area contributed by atoms with E-state index < -0.39 is 8.38 Å². The molecule has 0 fully saturated rings. The van der Waals surface area contributed by atoms with Crippen LogP contribution in [-0.2, 0) is 26.8 Å². The van der Waals surface area contributed by atoms with Crippen molar-refractivity contribution in [1.82, 2.24) is 0 Å². The van der Waals surface area contributed by atoms with E-state index in [0.29, 0.717) is 17.6 Å². The van der Waals surface area contributed by atoms with Crippen LogP contribution in [0.25, 0.3) is 10.1 Å². The molecule has 0 spiro atoms. The van der Waals surface area contributed by atoms with Gasteiger partial charge in [-0.05, 0) is 46.2 Å². The number of halogens is 1. The van der Waals surface area contributed by atoms with Gasteiger partial charge in [-0.25, -0.2) is 4.79 Å². The van der Waals surface area contributed by atoms with Gasteiger partial charge < -0.3 is 9.26 Å². The lowest BCUT2D eigenvalue weighted by Crippen LogP contribution is -2.02. The summed E-state index contributed by atoms with van der Waals surface area (Å²) in [6.07, 6.45) is 0.360. The summed E-state index contributed by atoms with van der Waals surface area (Å²) in [5.41, 5.74) is 1.84. The molecule has 0 N–H and O–H groups in total. The van der Waals surface area contributed by atoms with E-state index in [4.69, 9.17) is 9.26 Å². The van der Waals surface area contributed by atoms with Crippen molar-refractivity contribution in [2.24, 2.45) is 0 Å². The Kier molecular flexibility index (Phi) is 6.69. The predicted octanol–water partition coefficient (Wildman–Crippen LogP) is 6.01. The number of fused-ring (bicyclic) bond motifs is 1. The standard InChI is InChI=1S/C19H18FO4PS/c1-2-23-25(24-20)13-15-8-9-17-16(10-15)11-18(26-17)19(21)22-12-14-6-4-3-5-7-14/h3-11H,2,12-13H2,1H3. The number of thiophene rings is 1. The maximum absolute atomic E-state index is 12.5. The van der Waals surface area contributed by atoms with Crippen molar-refractivity contribution in [3.8, 4) is 0 Å². The molecule has 2 aromatic carbocycles. The quantitative estimate of drug-likeness (QED) is 0.348. The maximum Gasteiger partial charge on any atom is 0.348 e. The van der Waals surface area contributed by atoms with Gasteiger partial charge in [-0.1, -0.05) is 36.4 Å². The van der Waals surface area contributed by atoms with Gasteiger partial charge in [0, 0.05) is 10.9 Å². The number of benzene rings is 2. The lowest BCUT2D eigenvalue weighted by molar-refractivity contribution is -0.00981. The van der Waals surface area contributed by atoms with Crippen LogP contribution >= 0.6 is 19.7 Å². The number of carbonyl (C=O) groups excluding carboxylic acids is 1. The molecule has 0 saturated heterocycles. The molecular formula is C19H18FO4PS. The van der Waals surface area contributed by atoms with Crippen LogP contribution < -0.4 is 0 Å². The molecule has 0 bridgehead atoms. The van der Waals surface area contributed by atoms with Crippen molar-refractivity contribution in [1.29, 1.82) is 0 Å². The number of carbonyl (C=O) groups is 1. The van der Waals surface area contributed by atoms with Crippen LogP contribution in [0.15, 0.2) is 54.6 Å². The molecule has 1 heterocycles. The molecule has 0 radical (unpaired) electrons. The number of rotatable bonds is 8. The zero-order valence-electron chi connectivity index (χ0n) is 14.2. The molecule has 4 nitrogen and oxygen atoms in total. The van der Waals surface area contributed by atoms with Crippen molar-refractivity contribution in [3.63, 3.8) is 0 Å². The normalized spacial score (nSPS) is 12.2. The largest absolute Gasteiger partial charge is 0.457 e. The number of hydrogen-bond donors (Lipinski definition) is 0. The highest BCUT2D eigenvalue weighted by Gasteiger charge is 2.15. The minimum Gasteiger partial charge on any atom is -0.457 e. The second-order valence-corrected chi connectivity index (χ2v) is 7.98. The molecule has 0 aliphatic rings. The molecular weight excluding hydrogens is 374 g/mol. The summed E-state index contributed by atoms with van der Waals surface area (Å²) in [5, 5.41) is 0.921. The highest BCUT2D eigenvalue weighted by atomic mass is 32.1. The summed E-state index contributed by atoms with van der Waals surface area (Å²) in [6, 6.07) is 17.1. The summed E-state index contributed by atoms with van der Waals surface area (Å²) < 4.78 is 28.0. The first-order valence-corrected chi connectivity index (χ1v) is 10.3. The molecule has 0 aliphatic heterocycles. The minimum absolute atomic E-state index is 0.242. The van der Waals surface area contributed by atoms with Crippen molar-refractivity contribution < 1.29 is 23.3 Å². The van der Waals surface area contributed by atoms with Gasteiger partial charge in [-0.3, -0.25) is 0 Å². The van der Waals surface area contributed by atoms with Crippen molar-refractivity contribution in [3.05, 3.63) is 70.6 Å². The zero-order chi connectivity index (χ0) is 18.4. The molecule has 136 valence electrons. The van der Waals surface area contributed by atoms with Crippen molar-refractivity contribution >= 4 is 35.8 Å². The van der Waals surface area contributed by atoms with Gasteiger partial charge in [0.05, 0.1) is 6.61 Å². The lowest BCUT2D eigenvalue weighted by Gasteiger charge is -2.10. The summed E-state index contributed by atoms with van der Waals surface area (Å²) in [5.74, 6) is -0.347. The van der Waals surface area contributed by atoms with Crippen LogP contribution in [0, 0.1) is 0 Å². The van der Waals surface area contributed by atoms with Crippen molar-refractivity contribution in [2.75, 3.05) is 6.61 Å². The molecule has 1 aromatic heterocycles. The van der Waals surface area contributed by atoms with Gasteiger partial charge in [0.25, 0.3) is 0 Å².